The minimum atomic E-state index is -2.37. The van der Waals surface area contributed by atoms with Crippen molar-refractivity contribution in [1.82, 2.24) is 16.0 Å². The maximum atomic E-state index is 14.5. The number of hydrogen-bond acceptors (Lipinski definition) is 20. The van der Waals surface area contributed by atoms with Gasteiger partial charge in [0, 0.05) is 109 Å². The lowest BCUT2D eigenvalue weighted by Crippen LogP contribution is -2.58. The molecule has 3 N–H and O–H groups in total. The van der Waals surface area contributed by atoms with Gasteiger partial charge in [-0.25, -0.2) is 22.0 Å². The Morgan fingerprint density at radius 2 is 0.740 bits per heavy atom. The minimum absolute atomic E-state index is 0.0343. The first-order valence-corrected chi connectivity index (χ1v) is 33.8. The summed E-state index contributed by atoms with van der Waals surface area (Å²) in [6, 6.07) is 0. The first-order valence-electron chi connectivity index (χ1n) is 33.8. The summed E-state index contributed by atoms with van der Waals surface area (Å²) in [5.74, 6) is -13.7. The number of benzene rings is 1. The van der Waals surface area contributed by atoms with Gasteiger partial charge in [0.05, 0.1) is 71.2 Å². The molecule has 3 fully saturated rings. The van der Waals surface area contributed by atoms with E-state index in [1.807, 2.05) is 41.5 Å². The molecule has 1 aromatic rings. The summed E-state index contributed by atoms with van der Waals surface area (Å²) in [6.45, 7) is 22.5. The molecule has 1 aromatic carbocycles. The standard InChI is InChI=1S/C68H106F5N3O20/c1-39-42(4)54(33-91-48(10)77)94-65(45(39)7)88-26-14-13-18-51(80)21-29-85-36-68(76-59(84)20-15-19-52(81)32-53-60(69)62(71)64(73)63(72)61(53)70,37-86-30-22-57(82)74-24-16-27-89-66-46(8)40(2)43(5)55(95-66)34-92-49(11)78)38-87-31-23-58(83)75-25-17-28-90-67-47(9)41(3)44(6)56(96-67)35-93-50(12)79/h39-47,54-56,65-67H,13-38H2,1-12H3,(H,74,82)(H,75,83)(H,76,84)/t39-,40-,41-,42+,43+,44+,45?,46?,47?,54?,55?,56?,65+,66+,67+,68?/m0/s1. The zero-order valence-corrected chi connectivity index (χ0v) is 58.1. The normalized spacial score (nSPS) is 26.4. The number of amides is 3. The predicted molar refractivity (Wildman–Crippen MR) is 336 cm³/mol. The largest absolute Gasteiger partial charge is 0.463 e. The highest BCUT2D eigenvalue weighted by molar-refractivity contribution is 5.82. The van der Waals surface area contributed by atoms with E-state index in [-0.39, 0.29) is 207 Å². The van der Waals surface area contributed by atoms with Crippen molar-refractivity contribution in [2.24, 2.45) is 53.3 Å². The Kier molecular flexibility index (Phi) is 36.9. The molecule has 6 unspecified atom stereocenters. The lowest BCUT2D eigenvalue weighted by Gasteiger charge is -2.43. The molecule has 3 aliphatic heterocycles. The van der Waals surface area contributed by atoms with Crippen LogP contribution in [0.15, 0.2) is 0 Å². The molecule has 0 aromatic heterocycles. The van der Waals surface area contributed by atoms with Crippen molar-refractivity contribution in [3.05, 3.63) is 34.6 Å². The van der Waals surface area contributed by atoms with Crippen molar-refractivity contribution >= 4 is 47.2 Å². The topological polar surface area (TPSA) is 283 Å². The SMILES string of the molecule is CC(=O)OCC1O[C@@H](OCCCCC(=O)CCOCC(COCCC(=O)NCCCO[C@@H]2OC(COC(C)=O)[C@H](C)[C@H](C)C2C)(COCCC(=O)NCCCO[C@@H]2OC(COC(C)=O)[C@H](C)[C@H](C)C2C)NC(=O)CCCC(=O)Cc2c(F)c(F)c(F)c(F)c2F)C(C)[C@@H](C)[C@H]1C. The maximum absolute atomic E-state index is 14.5. The fraction of sp³-hybridized carbons (Fsp3) is 0.794. The number of ketones is 2. The molecule has 3 saturated heterocycles. The highest BCUT2D eigenvalue weighted by Crippen LogP contribution is 2.38. The van der Waals surface area contributed by atoms with E-state index in [1.54, 1.807) is 0 Å². The van der Waals surface area contributed by atoms with Crippen LogP contribution in [0.2, 0.25) is 0 Å². The van der Waals surface area contributed by atoms with E-state index in [4.69, 9.17) is 56.8 Å². The van der Waals surface area contributed by atoms with Crippen LogP contribution in [0.1, 0.15) is 159 Å². The van der Waals surface area contributed by atoms with Gasteiger partial charge in [-0.1, -0.05) is 62.3 Å². The molecule has 0 saturated carbocycles. The number of carbonyl (C=O) groups excluding carboxylic acids is 8. The summed E-state index contributed by atoms with van der Waals surface area (Å²) in [7, 11) is 0. The van der Waals surface area contributed by atoms with Gasteiger partial charge in [-0.05, 0) is 67.6 Å². The van der Waals surface area contributed by atoms with E-state index < -0.39 is 108 Å². The van der Waals surface area contributed by atoms with E-state index in [2.05, 4.69) is 36.7 Å². The van der Waals surface area contributed by atoms with Crippen molar-refractivity contribution in [3.63, 3.8) is 0 Å². The Morgan fingerprint density at radius 3 is 1.12 bits per heavy atom. The quantitative estimate of drug-likeness (QED) is 0.0139. The Hall–Kier alpha value is -5.33. The predicted octanol–water partition coefficient (Wildman–Crippen LogP) is 8.13. The molecule has 0 spiro atoms. The maximum Gasteiger partial charge on any atom is 0.302 e. The van der Waals surface area contributed by atoms with Gasteiger partial charge in [0.1, 0.15) is 36.9 Å². The molecule has 4 rings (SSSR count). The third-order valence-corrected chi connectivity index (χ3v) is 18.8. The summed E-state index contributed by atoms with van der Waals surface area (Å²) in [5.41, 5.74) is -2.89. The fourth-order valence-electron chi connectivity index (χ4n) is 11.6. The zero-order valence-electron chi connectivity index (χ0n) is 58.1. The molecule has 28 heteroatoms. The monoisotopic (exact) mass is 1380 g/mol. The van der Waals surface area contributed by atoms with E-state index in [0.717, 1.165) is 0 Å². The number of halogens is 5. The number of carbonyl (C=O) groups is 8. The number of unbranched alkanes of at least 4 members (excludes halogenated alkanes) is 1. The van der Waals surface area contributed by atoms with Gasteiger partial charge in [0.15, 0.2) is 42.1 Å². The molecule has 0 bridgehead atoms. The van der Waals surface area contributed by atoms with Gasteiger partial charge in [-0.3, -0.25) is 38.4 Å². The molecule has 3 amide bonds. The van der Waals surface area contributed by atoms with Gasteiger partial charge < -0.3 is 72.8 Å². The van der Waals surface area contributed by atoms with E-state index >= 15 is 0 Å². The van der Waals surface area contributed by atoms with Crippen molar-refractivity contribution in [1.29, 1.82) is 0 Å². The molecular weight excluding hydrogens is 1270 g/mol. The number of rotatable bonds is 44. The average Bonchev–Trinajstić information content (AvgIpc) is 0.818. The number of Topliss-reactive ketones (excluding diaryl/α,β-unsaturated/α-hetero) is 2. The molecular formula is C68H106F5N3O20. The van der Waals surface area contributed by atoms with Gasteiger partial charge in [0.2, 0.25) is 23.5 Å². The summed E-state index contributed by atoms with van der Waals surface area (Å²) >= 11 is 0. The molecule has 0 radical (unpaired) electrons. The lowest BCUT2D eigenvalue weighted by molar-refractivity contribution is -0.255. The van der Waals surface area contributed by atoms with Crippen LogP contribution in [0.25, 0.3) is 0 Å². The smallest absolute Gasteiger partial charge is 0.302 e. The first kappa shape index (κ1) is 83.1. The molecule has 96 heavy (non-hydrogen) atoms. The van der Waals surface area contributed by atoms with Crippen LogP contribution in [0.4, 0.5) is 22.0 Å². The number of hydrogen-bond donors (Lipinski definition) is 3. The molecule has 23 nitrogen and oxygen atoms in total. The fourth-order valence-corrected chi connectivity index (χ4v) is 11.6. The Labute approximate surface area is 561 Å². The molecule has 548 valence electrons. The lowest BCUT2D eigenvalue weighted by atomic mass is 9.79. The molecule has 3 aliphatic rings. The van der Waals surface area contributed by atoms with Gasteiger partial charge in [-0.2, -0.15) is 0 Å². The van der Waals surface area contributed by atoms with Crippen molar-refractivity contribution in [3.8, 4) is 0 Å². The van der Waals surface area contributed by atoms with Gasteiger partial charge >= 0.3 is 17.9 Å². The van der Waals surface area contributed by atoms with Gasteiger partial charge in [0.25, 0.3) is 0 Å². The van der Waals surface area contributed by atoms with Crippen molar-refractivity contribution in [2.45, 2.75) is 203 Å². The number of nitrogens with one attached hydrogen (secondary N) is 3. The number of ether oxygens (including phenoxy) is 12. The second-order valence-corrected chi connectivity index (χ2v) is 26.1. The van der Waals surface area contributed by atoms with E-state index in [9.17, 15) is 60.3 Å². The highest BCUT2D eigenvalue weighted by atomic mass is 19.2. The van der Waals surface area contributed by atoms with Crippen molar-refractivity contribution in [2.75, 3.05) is 92.4 Å². The highest BCUT2D eigenvalue weighted by Gasteiger charge is 2.43. The third kappa shape index (κ3) is 27.8. The van der Waals surface area contributed by atoms with E-state index in [1.165, 1.54) is 20.8 Å². The Balaban J connectivity index is 1.40. The molecule has 15 atom stereocenters. The van der Waals surface area contributed by atoms with Crippen LogP contribution in [0.3, 0.4) is 0 Å². The van der Waals surface area contributed by atoms with Crippen LogP contribution in [0, 0.1) is 82.3 Å². The minimum Gasteiger partial charge on any atom is -0.463 e. The van der Waals surface area contributed by atoms with Gasteiger partial charge in [-0.15, -0.1) is 0 Å². The Bertz CT molecular complexity index is 2420. The van der Waals surface area contributed by atoms with Crippen LogP contribution in [-0.2, 0) is 102 Å². The summed E-state index contributed by atoms with van der Waals surface area (Å²) in [6.07, 6.45) is -3.20. The molecule has 3 heterocycles. The third-order valence-electron chi connectivity index (χ3n) is 18.8. The zero-order chi connectivity index (χ0) is 71.2. The van der Waals surface area contributed by atoms with Crippen LogP contribution in [0.5, 0.6) is 0 Å². The summed E-state index contributed by atoms with van der Waals surface area (Å²) in [4.78, 5) is 101. The number of esters is 3. The molecule has 0 aliphatic carbocycles. The van der Waals surface area contributed by atoms with E-state index in [0.29, 0.717) is 32.3 Å². The Morgan fingerprint density at radius 1 is 0.385 bits per heavy atom. The second-order valence-electron chi connectivity index (χ2n) is 26.1. The van der Waals surface area contributed by atoms with Crippen LogP contribution in [-0.4, -0.2) is 182 Å². The van der Waals surface area contributed by atoms with Crippen LogP contribution < -0.4 is 16.0 Å². The summed E-state index contributed by atoms with van der Waals surface area (Å²) < 4.78 is 141. The second kappa shape index (κ2) is 42.6. The average molecular weight is 1380 g/mol. The van der Waals surface area contributed by atoms with Crippen molar-refractivity contribution < 1.29 is 117 Å². The van der Waals surface area contributed by atoms with Crippen LogP contribution >= 0.6 is 0 Å². The first-order chi connectivity index (χ1) is 45.5. The summed E-state index contributed by atoms with van der Waals surface area (Å²) in [5, 5.41) is 8.49.